The van der Waals surface area contributed by atoms with Gasteiger partial charge in [-0.05, 0) is 46.2 Å². The van der Waals surface area contributed by atoms with Crippen molar-refractivity contribution in [2.45, 2.75) is 45.2 Å². The van der Waals surface area contributed by atoms with Gasteiger partial charge >= 0.3 is 5.97 Å². The molecule has 1 fully saturated rings. The number of nitro benzene ring substituents is 1. The van der Waals surface area contributed by atoms with Gasteiger partial charge in [-0.15, -0.1) is 0 Å². The number of esters is 1. The first-order chi connectivity index (χ1) is 10.1. The Morgan fingerprint density at radius 1 is 1.32 bits per heavy atom. The maximum absolute atomic E-state index is 12.4. The molecule has 22 heavy (non-hydrogen) atoms. The van der Waals surface area contributed by atoms with Crippen molar-refractivity contribution in [3.8, 4) is 5.75 Å². The average Bonchev–Trinajstić information content (AvgIpc) is 2.59. The maximum Gasteiger partial charge on any atom is 0.316 e. The zero-order chi connectivity index (χ0) is 16.7. The summed E-state index contributed by atoms with van der Waals surface area (Å²) in [5, 5.41) is 22.0. The first kappa shape index (κ1) is 16.4. The van der Waals surface area contributed by atoms with Gasteiger partial charge in [-0.1, -0.05) is 0 Å². The fourth-order valence-corrected chi connectivity index (χ4v) is 2.96. The van der Waals surface area contributed by atoms with Crippen molar-refractivity contribution >= 4 is 11.7 Å². The molecular formula is C15H20N2O5. The van der Waals surface area contributed by atoms with Gasteiger partial charge in [0.25, 0.3) is 5.69 Å². The molecule has 1 N–H and O–H groups in total. The molecule has 1 atom stereocenters. The van der Waals surface area contributed by atoms with E-state index in [-0.39, 0.29) is 11.4 Å². The molecule has 1 aromatic rings. The van der Waals surface area contributed by atoms with Crippen LogP contribution in [0.4, 0.5) is 5.69 Å². The third-order valence-electron chi connectivity index (χ3n) is 4.23. The van der Waals surface area contributed by atoms with Gasteiger partial charge in [-0.3, -0.25) is 14.9 Å². The highest BCUT2D eigenvalue weighted by molar-refractivity contribution is 5.77. The molecular weight excluding hydrogens is 288 g/mol. The molecule has 120 valence electrons. The summed E-state index contributed by atoms with van der Waals surface area (Å²) >= 11 is 0. The lowest BCUT2D eigenvalue weighted by Crippen LogP contribution is -2.48. The van der Waals surface area contributed by atoms with Gasteiger partial charge in [-0.2, -0.15) is 5.06 Å². The summed E-state index contributed by atoms with van der Waals surface area (Å²) in [7, 11) is 0. The highest BCUT2D eigenvalue weighted by atomic mass is 16.6. The minimum atomic E-state index is -0.749. The molecule has 1 aromatic carbocycles. The Balaban J connectivity index is 2.14. The van der Waals surface area contributed by atoms with Gasteiger partial charge in [0.15, 0.2) is 0 Å². The summed E-state index contributed by atoms with van der Waals surface area (Å²) in [6.45, 7) is 7.27. The lowest BCUT2D eigenvalue weighted by atomic mass is 9.87. The third kappa shape index (κ3) is 2.82. The highest BCUT2D eigenvalue weighted by Gasteiger charge is 2.55. The molecule has 0 radical (unpaired) electrons. The SMILES string of the molecule is CC1(C)C[C@@H](C(=O)Oc2ccc([N+](=O)[O-])cc2)C(C)(C)N1O. The van der Waals surface area contributed by atoms with E-state index in [1.807, 2.05) is 13.8 Å². The Morgan fingerprint density at radius 3 is 2.27 bits per heavy atom. The van der Waals surface area contributed by atoms with E-state index in [1.54, 1.807) is 13.8 Å². The fourth-order valence-electron chi connectivity index (χ4n) is 2.96. The molecule has 0 unspecified atom stereocenters. The Hall–Kier alpha value is -1.99. The molecule has 1 saturated heterocycles. The first-order valence-corrected chi connectivity index (χ1v) is 7.01. The molecule has 1 heterocycles. The van der Waals surface area contributed by atoms with Crippen LogP contribution < -0.4 is 4.74 Å². The van der Waals surface area contributed by atoms with Crippen LogP contribution >= 0.6 is 0 Å². The largest absolute Gasteiger partial charge is 0.426 e. The van der Waals surface area contributed by atoms with E-state index in [2.05, 4.69) is 0 Å². The van der Waals surface area contributed by atoms with Crippen LogP contribution in [0.1, 0.15) is 34.1 Å². The molecule has 0 amide bonds. The number of nitro groups is 1. The molecule has 0 aliphatic carbocycles. The van der Waals surface area contributed by atoms with Crippen molar-refractivity contribution in [2.24, 2.45) is 5.92 Å². The molecule has 0 saturated carbocycles. The predicted octanol–water partition coefficient (Wildman–Crippen LogP) is 2.77. The summed E-state index contributed by atoms with van der Waals surface area (Å²) in [5.41, 5.74) is -1.34. The second-order valence-electron chi connectivity index (χ2n) is 6.71. The van der Waals surface area contributed by atoms with Crippen molar-refractivity contribution in [2.75, 3.05) is 0 Å². The quantitative estimate of drug-likeness (QED) is 0.399. The van der Waals surface area contributed by atoms with E-state index in [9.17, 15) is 20.1 Å². The van der Waals surface area contributed by atoms with Crippen LogP contribution in [0.5, 0.6) is 5.75 Å². The molecule has 1 aliphatic rings. The molecule has 1 aliphatic heterocycles. The van der Waals surface area contributed by atoms with Gasteiger partial charge in [0.1, 0.15) is 5.75 Å². The van der Waals surface area contributed by atoms with Gasteiger partial charge in [0, 0.05) is 17.7 Å². The number of carbonyl (C=O) groups is 1. The molecule has 0 bridgehead atoms. The third-order valence-corrected chi connectivity index (χ3v) is 4.23. The van der Waals surface area contributed by atoms with Crippen LogP contribution in [-0.4, -0.2) is 32.2 Å². The fraction of sp³-hybridized carbons (Fsp3) is 0.533. The van der Waals surface area contributed by atoms with Crippen molar-refractivity contribution in [3.05, 3.63) is 34.4 Å². The van der Waals surface area contributed by atoms with Crippen LogP contribution in [0.15, 0.2) is 24.3 Å². The number of benzene rings is 1. The normalized spacial score (nSPS) is 23.2. The molecule has 7 heteroatoms. The minimum absolute atomic E-state index is 0.0661. The topological polar surface area (TPSA) is 92.9 Å². The Kier molecular flexibility index (Phi) is 3.97. The summed E-state index contributed by atoms with van der Waals surface area (Å²) in [5.74, 6) is -0.702. The number of carbonyl (C=O) groups excluding carboxylic acids is 1. The van der Waals surface area contributed by atoms with E-state index in [1.165, 1.54) is 29.3 Å². The van der Waals surface area contributed by atoms with Crippen LogP contribution in [0.2, 0.25) is 0 Å². The molecule has 0 aromatic heterocycles. The first-order valence-electron chi connectivity index (χ1n) is 7.01. The highest BCUT2D eigenvalue weighted by Crippen LogP contribution is 2.44. The monoisotopic (exact) mass is 308 g/mol. The lowest BCUT2D eigenvalue weighted by molar-refractivity contribution is -0.384. The van der Waals surface area contributed by atoms with Gasteiger partial charge in [-0.25, -0.2) is 0 Å². The number of non-ortho nitro benzene ring substituents is 1. The van der Waals surface area contributed by atoms with Crippen LogP contribution in [0.25, 0.3) is 0 Å². The second kappa shape index (κ2) is 5.33. The van der Waals surface area contributed by atoms with Gasteiger partial charge in [0.2, 0.25) is 0 Å². The van der Waals surface area contributed by atoms with E-state index in [4.69, 9.17) is 4.74 Å². The van der Waals surface area contributed by atoms with Gasteiger partial charge in [0.05, 0.1) is 16.4 Å². The Labute approximate surface area is 128 Å². The van der Waals surface area contributed by atoms with Crippen molar-refractivity contribution in [3.63, 3.8) is 0 Å². The zero-order valence-electron chi connectivity index (χ0n) is 13.1. The zero-order valence-corrected chi connectivity index (χ0v) is 13.1. The van der Waals surface area contributed by atoms with E-state index < -0.39 is 27.9 Å². The summed E-state index contributed by atoms with van der Waals surface area (Å²) in [6.07, 6.45) is 0.461. The standard InChI is InChI=1S/C15H20N2O5/c1-14(2)9-12(15(3,4)17(14)21)13(18)22-11-7-5-10(6-8-11)16(19)20/h5-8,12,21H,9H2,1-4H3/t12-/m0/s1. The van der Waals surface area contributed by atoms with Gasteiger partial charge < -0.3 is 9.94 Å². The van der Waals surface area contributed by atoms with Crippen LogP contribution in [0, 0.1) is 16.0 Å². The number of hydroxylamine groups is 2. The summed E-state index contributed by atoms with van der Waals surface area (Å²) < 4.78 is 5.31. The van der Waals surface area contributed by atoms with E-state index in [0.717, 1.165) is 0 Å². The molecule has 0 spiro atoms. The van der Waals surface area contributed by atoms with E-state index >= 15 is 0 Å². The summed E-state index contributed by atoms with van der Waals surface area (Å²) in [6, 6.07) is 5.34. The van der Waals surface area contributed by atoms with Crippen molar-refractivity contribution in [1.82, 2.24) is 5.06 Å². The number of hydrogen-bond donors (Lipinski definition) is 1. The van der Waals surface area contributed by atoms with Crippen molar-refractivity contribution < 1.29 is 19.7 Å². The van der Waals surface area contributed by atoms with Crippen molar-refractivity contribution in [1.29, 1.82) is 0 Å². The second-order valence-corrected chi connectivity index (χ2v) is 6.71. The maximum atomic E-state index is 12.4. The molecule has 2 rings (SSSR count). The number of ether oxygens (including phenoxy) is 1. The lowest BCUT2D eigenvalue weighted by Gasteiger charge is -2.35. The minimum Gasteiger partial charge on any atom is -0.426 e. The average molecular weight is 308 g/mol. The van der Waals surface area contributed by atoms with E-state index in [0.29, 0.717) is 6.42 Å². The number of nitrogens with zero attached hydrogens (tertiary/aromatic N) is 2. The molecule has 7 nitrogen and oxygen atoms in total. The number of rotatable bonds is 3. The Morgan fingerprint density at radius 2 is 1.86 bits per heavy atom. The summed E-state index contributed by atoms with van der Waals surface area (Å²) in [4.78, 5) is 22.5. The Bertz CT molecular complexity index is 594. The number of hydrogen-bond acceptors (Lipinski definition) is 6. The smallest absolute Gasteiger partial charge is 0.316 e. The van der Waals surface area contributed by atoms with Crippen LogP contribution in [-0.2, 0) is 4.79 Å². The van der Waals surface area contributed by atoms with Crippen LogP contribution in [0.3, 0.4) is 0 Å². The predicted molar refractivity (Wildman–Crippen MR) is 78.6 cm³/mol.